The number of likely N-dealkylation sites (N-methyl/N-ethyl adjacent to an activating group) is 1. The van der Waals surface area contributed by atoms with Crippen LogP contribution in [0.1, 0.15) is 5.56 Å². The van der Waals surface area contributed by atoms with E-state index in [0.29, 0.717) is 0 Å². The summed E-state index contributed by atoms with van der Waals surface area (Å²) in [6.45, 7) is 0.816. The van der Waals surface area contributed by atoms with Crippen molar-refractivity contribution >= 4 is 5.82 Å². The highest BCUT2D eigenvalue weighted by Gasteiger charge is 2.12. The minimum atomic E-state index is 0.218. The molecule has 0 aliphatic carbocycles. The lowest BCUT2D eigenvalue weighted by atomic mass is 10.0. The zero-order valence-electron chi connectivity index (χ0n) is 16.9. The molecule has 2 N–H and O–H groups in total. The van der Waals surface area contributed by atoms with Gasteiger partial charge in [-0.3, -0.25) is 0 Å². The van der Waals surface area contributed by atoms with Crippen molar-refractivity contribution in [1.82, 2.24) is 4.98 Å². The van der Waals surface area contributed by atoms with Gasteiger partial charge in [0.1, 0.15) is 17.3 Å². The first-order chi connectivity index (χ1) is 14.6. The van der Waals surface area contributed by atoms with Gasteiger partial charge in [0.2, 0.25) is 0 Å². The Kier molecular flexibility index (Phi) is 5.66. The molecule has 4 aromatic rings. The molecule has 3 aromatic carbocycles. The number of rotatable bonds is 6. The second-order valence-corrected chi connectivity index (χ2v) is 7.32. The summed E-state index contributed by atoms with van der Waals surface area (Å²) in [5, 5.41) is 20.0. The van der Waals surface area contributed by atoms with Gasteiger partial charge >= 0.3 is 0 Å². The molecule has 0 unspecified atom stereocenters. The van der Waals surface area contributed by atoms with Crippen LogP contribution in [0.25, 0.3) is 22.4 Å². The number of anilines is 1. The lowest BCUT2D eigenvalue weighted by Crippen LogP contribution is -2.21. The van der Waals surface area contributed by atoms with Crippen molar-refractivity contribution in [1.29, 1.82) is 0 Å². The van der Waals surface area contributed by atoms with Crippen molar-refractivity contribution in [3.63, 3.8) is 0 Å². The highest BCUT2D eigenvalue weighted by molar-refractivity contribution is 5.77. The molecule has 1 heterocycles. The molecule has 0 amide bonds. The van der Waals surface area contributed by atoms with Crippen molar-refractivity contribution in [2.75, 3.05) is 18.5 Å². The molecule has 150 valence electrons. The van der Waals surface area contributed by atoms with E-state index in [-0.39, 0.29) is 11.5 Å². The minimum Gasteiger partial charge on any atom is -0.508 e. The number of phenolic OH excluding ortho intramolecular Hbond substituents is 2. The Morgan fingerprint density at radius 3 is 2.20 bits per heavy atom. The summed E-state index contributed by atoms with van der Waals surface area (Å²) < 4.78 is 0. The van der Waals surface area contributed by atoms with E-state index in [1.807, 2.05) is 55.6 Å². The molecule has 0 radical (unpaired) electrons. The largest absolute Gasteiger partial charge is 0.508 e. The van der Waals surface area contributed by atoms with Crippen LogP contribution in [0.3, 0.4) is 0 Å². The number of pyridine rings is 1. The van der Waals surface area contributed by atoms with Crippen molar-refractivity contribution in [2.45, 2.75) is 6.42 Å². The number of hydrogen-bond donors (Lipinski definition) is 2. The van der Waals surface area contributed by atoms with E-state index in [1.165, 1.54) is 5.56 Å². The van der Waals surface area contributed by atoms with Gasteiger partial charge in [0.25, 0.3) is 0 Å². The molecule has 0 saturated carbocycles. The first-order valence-corrected chi connectivity index (χ1v) is 9.95. The van der Waals surface area contributed by atoms with Crippen LogP contribution in [0.2, 0.25) is 0 Å². The summed E-state index contributed by atoms with van der Waals surface area (Å²) in [7, 11) is 2.03. The lowest BCUT2D eigenvalue weighted by Gasteiger charge is -2.20. The number of aromatic nitrogens is 1. The SMILES string of the molecule is CN(CCc1ccccc1)c1cc(-c2ccccc2O)cc(-c2ccc(O)cc2)n1. The Morgan fingerprint density at radius 2 is 1.47 bits per heavy atom. The maximum absolute atomic E-state index is 10.4. The normalized spacial score (nSPS) is 10.7. The summed E-state index contributed by atoms with van der Waals surface area (Å²) in [6.07, 6.45) is 0.911. The highest BCUT2D eigenvalue weighted by Crippen LogP contribution is 2.34. The average molecular weight is 396 g/mol. The van der Waals surface area contributed by atoms with E-state index in [2.05, 4.69) is 29.2 Å². The number of benzene rings is 3. The Bertz CT molecular complexity index is 1130. The molecule has 1 aromatic heterocycles. The standard InChI is InChI=1S/C26H24N2O2/c1-28(16-15-19-7-3-2-4-8-19)26-18-21(23-9-5-6-10-25(23)30)17-24(27-26)20-11-13-22(29)14-12-20/h2-14,17-18,29-30H,15-16H2,1H3. The maximum Gasteiger partial charge on any atom is 0.129 e. The number of nitrogens with zero attached hydrogens (tertiary/aromatic N) is 2. The molecular formula is C26H24N2O2. The topological polar surface area (TPSA) is 56.6 Å². The van der Waals surface area contributed by atoms with E-state index in [4.69, 9.17) is 4.98 Å². The van der Waals surface area contributed by atoms with Crippen LogP contribution >= 0.6 is 0 Å². The number of phenols is 2. The van der Waals surface area contributed by atoms with Crippen LogP contribution in [0.15, 0.2) is 91.0 Å². The van der Waals surface area contributed by atoms with Crippen LogP contribution in [0.4, 0.5) is 5.82 Å². The third-order valence-electron chi connectivity index (χ3n) is 5.16. The van der Waals surface area contributed by atoms with Gasteiger partial charge in [-0.15, -0.1) is 0 Å². The van der Waals surface area contributed by atoms with E-state index in [1.54, 1.807) is 18.2 Å². The fourth-order valence-electron chi connectivity index (χ4n) is 3.42. The van der Waals surface area contributed by atoms with Crippen LogP contribution in [0, 0.1) is 0 Å². The Hall–Kier alpha value is -3.79. The van der Waals surface area contributed by atoms with E-state index in [0.717, 1.165) is 41.2 Å². The molecule has 0 aliphatic heterocycles. The maximum atomic E-state index is 10.4. The number of hydrogen-bond acceptors (Lipinski definition) is 4. The van der Waals surface area contributed by atoms with E-state index in [9.17, 15) is 10.2 Å². The predicted molar refractivity (Wildman–Crippen MR) is 122 cm³/mol. The van der Waals surface area contributed by atoms with Gasteiger partial charge in [-0.1, -0.05) is 48.5 Å². The van der Waals surface area contributed by atoms with Gasteiger partial charge in [-0.25, -0.2) is 4.98 Å². The quantitative estimate of drug-likeness (QED) is 0.451. The van der Waals surface area contributed by atoms with Crippen LogP contribution < -0.4 is 4.90 Å². The zero-order chi connectivity index (χ0) is 20.9. The van der Waals surface area contributed by atoms with Gasteiger partial charge in [-0.05, 0) is 60.0 Å². The van der Waals surface area contributed by atoms with Gasteiger partial charge in [0, 0.05) is 24.7 Å². The predicted octanol–water partition coefficient (Wildman–Crippen LogP) is 5.51. The Morgan fingerprint density at radius 1 is 0.767 bits per heavy atom. The Labute approximate surface area is 176 Å². The first kappa shape index (κ1) is 19.5. The Balaban J connectivity index is 1.71. The van der Waals surface area contributed by atoms with Gasteiger partial charge in [0.05, 0.1) is 5.69 Å². The molecule has 0 saturated heterocycles. The van der Waals surface area contributed by atoms with Crippen LogP contribution in [0.5, 0.6) is 11.5 Å². The van der Waals surface area contributed by atoms with E-state index < -0.39 is 0 Å². The van der Waals surface area contributed by atoms with Crippen molar-refractivity contribution < 1.29 is 10.2 Å². The molecule has 4 heteroatoms. The first-order valence-electron chi connectivity index (χ1n) is 9.95. The molecule has 0 fully saturated rings. The van der Waals surface area contributed by atoms with E-state index >= 15 is 0 Å². The highest BCUT2D eigenvalue weighted by atomic mass is 16.3. The molecule has 0 bridgehead atoms. The molecule has 4 nitrogen and oxygen atoms in total. The third kappa shape index (κ3) is 4.44. The molecule has 30 heavy (non-hydrogen) atoms. The molecule has 0 aliphatic rings. The summed E-state index contributed by atoms with van der Waals surface area (Å²) in [6, 6.07) is 28.7. The van der Waals surface area contributed by atoms with Gasteiger partial charge in [0.15, 0.2) is 0 Å². The summed E-state index contributed by atoms with van der Waals surface area (Å²) in [5.41, 5.74) is 4.63. The zero-order valence-corrected chi connectivity index (χ0v) is 16.9. The molecule has 0 atom stereocenters. The van der Waals surface area contributed by atoms with Gasteiger partial charge in [-0.2, -0.15) is 0 Å². The summed E-state index contributed by atoms with van der Waals surface area (Å²) >= 11 is 0. The molecule has 4 rings (SSSR count). The second-order valence-electron chi connectivity index (χ2n) is 7.32. The molecular weight excluding hydrogens is 372 g/mol. The monoisotopic (exact) mass is 396 g/mol. The number of para-hydroxylation sites is 1. The lowest BCUT2D eigenvalue weighted by molar-refractivity contribution is 0.475. The van der Waals surface area contributed by atoms with Crippen LogP contribution in [-0.4, -0.2) is 28.8 Å². The smallest absolute Gasteiger partial charge is 0.129 e. The second kappa shape index (κ2) is 8.70. The third-order valence-corrected chi connectivity index (χ3v) is 5.16. The minimum absolute atomic E-state index is 0.218. The van der Waals surface area contributed by atoms with Crippen molar-refractivity contribution in [3.05, 3.63) is 96.6 Å². The fourth-order valence-corrected chi connectivity index (χ4v) is 3.42. The van der Waals surface area contributed by atoms with Crippen molar-refractivity contribution in [2.24, 2.45) is 0 Å². The fraction of sp³-hybridized carbons (Fsp3) is 0.115. The molecule has 0 spiro atoms. The van der Waals surface area contributed by atoms with Gasteiger partial charge < -0.3 is 15.1 Å². The summed E-state index contributed by atoms with van der Waals surface area (Å²) in [5.74, 6) is 1.28. The summed E-state index contributed by atoms with van der Waals surface area (Å²) in [4.78, 5) is 6.99. The van der Waals surface area contributed by atoms with Crippen molar-refractivity contribution in [3.8, 4) is 33.9 Å². The number of aromatic hydroxyl groups is 2. The average Bonchev–Trinajstić information content (AvgIpc) is 2.78. The van der Waals surface area contributed by atoms with Crippen LogP contribution in [-0.2, 0) is 6.42 Å².